The van der Waals surface area contributed by atoms with Crippen LogP contribution in [-0.4, -0.2) is 23.6 Å². The topological polar surface area (TPSA) is 51.2 Å². The molecule has 0 radical (unpaired) electrons. The van der Waals surface area contributed by atoms with Crippen molar-refractivity contribution in [3.05, 3.63) is 30.1 Å². The van der Waals surface area contributed by atoms with Crippen molar-refractivity contribution in [2.75, 3.05) is 6.61 Å². The highest BCUT2D eigenvalue weighted by molar-refractivity contribution is 5.77. The molecule has 0 aliphatic carbocycles. The van der Waals surface area contributed by atoms with E-state index in [1.165, 1.54) is 0 Å². The fourth-order valence-electron chi connectivity index (χ4n) is 1.41. The van der Waals surface area contributed by atoms with Crippen LogP contribution in [0.25, 0.3) is 0 Å². The van der Waals surface area contributed by atoms with Crippen molar-refractivity contribution < 1.29 is 9.53 Å². The van der Waals surface area contributed by atoms with E-state index in [9.17, 15) is 4.79 Å². The van der Waals surface area contributed by atoms with Crippen molar-refractivity contribution in [3.8, 4) is 0 Å². The van der Waals surface area contributed by atoms with Crippen LogP contribution in [0.5, 0.6) is 0 Å². The van der Waals surface area contributed by atoms with E-state index in [-0.39, 0.29) is 12.0 Å². The lowest BCUT2D eigenvalue weighted by atomic mass is 10.1. The third-order valence-corrected chi connectivity index (χ3v) is 2.04. The molecule has 4 heteroatoms. The lowest BCUT2D eigenvalue weighted by Crippen LogP contribution is -2.34. The van der Waals surface area contributed by atoms with E-state index >= 15 is 0 Å². The van der Waals surface area contributed by atoms with Crippen LogP contribution in [0, 0.1) is 0 Å². The van der Waals surface area contributed by atoms with Crippen LogP contribution in [0.4, 0.5) is 0 Å². The van der Waals surface area contributed by atoms with E-state index in [0.29, 0.717) is 6.61 Å². The van der Waals surface area contributed by atoms with Crippen LogP contribution >= 0.6 is 0 Å². The Kier molecular flexibility index (Phi) is 4.92. The number of rotatable bonds is 5. The first-order chi connectivity index (χ1) is 7.65. The molecule has 1 unspecified atom stereocenters. The zero-order chi connectivity index (χ0) is 12.0. The largest absolute Gasteiger partial charge is 0.465 e. The lowest BCUT2D eigenvalue weighted by molar-refractivity contribution is -0.146. The van der Waals surface area contributed by atoms with Gasteiger partial charge >= 0.3 is 5.97 Å². The van der Waals surface area contributed by atoms with Gasteiger partial charge in [0, 0.05) is 18.4 Å². The zero-order valence-corrected chi connectivity index (χ0v) is 9.93. The van der Waals surface area contributed by atoms with Gasteiger partial charge in [-0.25, -0.2) is 4.79 Å². The second-order valence-electron chi connectivity index (χ2n) is 3.79. The molecule has 1 aromatic heterocycles. The Bertz CT molecular complexity index is 325. The normalized spacial score (nSPS) is 12.5. The quantitative estimate of drug-likeness (QED) is 0.770. The zero-order valence-electron chi connectivity index (χ0n) is 9.93. The Balaban J connectivity index is 2.83. The van der Waals surface area contributed by atoms with E-state index in [4.69, 9.17) is 4.74 Å². The summed E-state index contributed by atoms with van der Waals surface area (Å²) in [6, 6.07) is 3.44. The first-order valence-electron chi connectivity index (χ1n) is 5.47. The van der Waals surface area contributed by atoms with Gasteiger partial charge in [-0.15, -0.1) is 0 Å². The van der Waals surface area contributed by atoms with Gasteiger partial charge in [0.05, 0.1) is 6.61 Å². The number of carbonyl (C=O) groups excluding carboxylic acids is 1. The number of aromatic nitrogens is 1. The van der Waals surface area contributed by atoms with Gasteiger partial charge in [0.15, 0.2) is 0 Å². The van der Waals surface area contributed by atoms with Crippen molar-refractivity contribution in [3.63, 3.8) is 0 Å². The minimum atomic E-state index is -0.436. The first kappa shape index (κ1) is 12.6. The Hall–Kier alpha value is -1.42. The molecule has 1 rings (SSSR count). The molecule has 0 aliphatic rings. The highest BCUT2D eigenvalue weighted by Gasteiger charge is 2.22. The smallest absolute Gasteiger partial charge is 0.327 e. The van der Waals surface area contributed by atoms with Gasteiger partial charge in [-0.3, -0.25) is 10.3 Å². The van der Waals surface area contributed by atoms with Gasteiger partial charge in [0.1, 0.15) is 6.04 Å². The molecule has 0 spiro atoms. The molecule has 1 N–H and O–H groups in total. The van der Waals surface area contributed by atoms with E-state index in [1.807, 2.05) is 26.0 Å². The molecular formula is C12H18N2O2. The standard InChI is InChI=1S/C12H18N2O2/c1-4-16-12(15)11(14-9(2)3)10-6-5-7-13-8-10/h5-9,11,14H,4H2,1-3H3. The second-order valence-corrected chi connectivity index (χ2v) is 3.79. The minimum Gasteiger partial charge on any atom is -0.465 e. The maximum absolute atomic E-state index is 11.8. The molecule has 0 saturated carbocycles. The number of esters is 1. The van der Waals surface area contributed by atoms with Crippen molar-refractivity contribution in [2.24, 2.45) is 0 Å². The molecule has 16 heavy (non-hydrogen) atoms. The number of ether oxygens (including phenoxy) is 1. The van der Waals surface area contributed by atoms with Crippen molar-refractivity contribution >= 4 is 5.97 Å². The predicted molar refractivity (Wildman–Crippen MR) is 61.9 cm³/mol. The average molecular weight is 222 g/mol. The summed E-state index contributed by atoms with van der Waals surface area (Å²) in [6.45, 7) is 6.16. The van der Waals surface area contributed by atoms with Crippen LogP contribution < -0.4 is 5.32 Å². The molecule has 0 fully saturated rings. The van der Waals surface area contributed by atoms with E-state index in [1.54, 1.807) is 19.3 Å². The summed E-state index contributed by atoms with van der Waals surface area (Å²) in [4.78, 5) is 15.8. The van der Waals surface area contributed by atoms with E-state index in [0.717, 1.165) is 5.56 Å². The van der Waals surface area contributed by atoms with Crippen LogP contribution in [-0.2, 0) is 9.53 Å². The molecule has 88 valence electrons. The van der Waals surface area contributed by atoms with Gasteiger partial charge in [-0.1, -0.05) is 6.07 Å². The van der Waals surface area contributed by atoms with Gasteiger partial charge in [-0.05, 0) is 32.4 Å². The van der Waals surface area contributed by atoms with Crippen molar-refractivity contribution in [1.29, 1.82) is 0 Å². The highest BCUT2D eigenvalue weighted by atomic mass is 16.5. The number of hydrogen-bond donors (Lipinski definition) is 1. The SMILES string of the molecule is CCOC(=O)C(NC(C)C)c1cccnc1. The molecule has 0 aliphatic heterocycles. The van der Waals surface area contributed by atoms with Crippen LogP contribution in [0.3, 0.4) is 0 Å². The van der Waals surface area contributed by atoms with Gasteiger partial charge in [0.25, 0.3) is 0 Å². The van der Waals surface area contributed by atoms with Gasteiger partial charge < -0.3 is 4.74 Å². The number of hydrogen-bond acceptors (Lipinski definition) is 4. The molecule has 1 atom stereocenters. The van der Waals surface area contributed by atoms with Crippen LogP contribution in [0.1, 0.15) is 32.4 Å². The number of nitrogens with one attached hydrogen (secondary N) is 1. The molecule has 0 amide bonds. The summed E-state index contributed by atoms with van der Waals surface area (Å²) in [5.41, 5.74) is 0.828. The molecular weight excluding hydrogens is 204 g/mol. The summed E-state index contributed by atoms with van der Waals surface area (Å²) < 4.78 is 5.03. The van der Waals surface area contributed by atoms with Crippen molar-refractivity contribution in [1.82, 2.24) is 10.3 Å². The van der Waals surface area contributed by atoms with Gasteiger partial charge in [0.2, 0.25) is 0 Å². The lowest BCUT2D eigenvalue weighted by Gasteiger charge is -2.19. The minimum absolute atomic E-state index is 0.203. The van der Waals surface area contributed by atoms with Crippen LogP contribution in [0.15, 0.2) is 24.5 Å². The third-order valence-electron chi connectivity index (χ3n) is 2.04. The fourth-order valence-corrected chi connectivity index (χ4v) is 1.41. The summed E-state index contributed by atoms with van der Waals surface area (Å²) in [5, 5.41) is 3.17. The third kappa shape index (κ3) is 3.62. The summed E-state index contributed by atoms with van der Waals surface area (Å²) >= 11 is 0. The maximum Gasteiger partial charge on any atom is 0.327 e. The molecule has 1 heterocycles. The predicted octanol–water partition coefficient (Wildman–Crippen LogP) is 1.68. The molecule has 0 aromatic carbocycles. The first-order valence-corrected chi connectivity index (χ1v) is 5.47. The average Bonchev–Trinajstić information content (AvgIpc) is 2.27. The van der Waals surface area contributed by atoms with E-state index in [2.05, 4.69) is 10.3 Å². The number of nitrogens with zero attached hydrogens (tertiary/aromatic N) is 1. The Morgan fingerprint density at radius 3 is 2.81 bits per heavy atom. The fraction of sp³-hybridized carbons (Fsp3) is 0.500. The molecule has 1 aromatic rings. The Morgan fingerprint density at radius 2 is 2.31 bits per heavy atom. The maximum atomic E-state index is 11.8. The summed E-state index contributed by atoms with van der Waals surface area (Å²) in [5.74, 6) is -0.260. The molecule has 4 nitrogen and oxygen atoms in total. The number of pyridine rings is 1. The second kappa shape index (κ2) is 6.23. The summed E-state index contributed by atoms with van der Waals surface area (Å²) in [6.07, 6.45) is 3.36. The monoisotopic (exact) mass is 222 g/mol. The Labute approximate surface area is 96.0 Å². The Morgan fingerprint density at radius 1 is 1.56 bits per heavy atom. The van der Waals surface area contributed by atoms with Gasteiger partial charge in [-0.2, -0.15) is 0 Å². The number of carbonyl (C=O) groups is 1. The highest BCUT2D eigenvalue weighted by Crippen LogP contribution is 2.14. The molecule has 0 saturated heterocycles. The van der Waals surface area contributed by atoms with Crippen LogP contribution in [0.2, 0.25) is 0 Å². The van der Waals surface area contributed by atoms with Crippen molar-refractivity contribution in [2.45, 2.75) is 32.9 Å². The molecule has 0 bridgehead atoms. The summed E-state index contributed by atoms with van der Waals surface area (Å²) in [7, 11) is 0. The van der Waals surface area contributed by atoms with E-state index < -0.39 is 6.04 Å².